The van der Waals surface area contributed by atoms with Crippen molar-refractivity contribution in [2.24, 2.45) is 0 Å². The summed E-state index contributed by atoms with van der Waals surface area (Å²) in [7, 11) is 0. The third kappa shape index (κ3) is 4.57. The zero-order chi connectivity index (χ0) is 15.9. The van der Waals surface area contributed by atoms with Gasteiger partial charge in [0.05, 0.1) is 18.2 Å². The van der Waals surface area contributed by atoms with E-state index in [4.69, 9.17) is 10.00 Å². The van der Waals surface area contributed by atoms with Crippen LogP contribution in [0.2, 0.25) is 0 Å². The van der Waals surface area contributed by atoms with E-state index in [-0.39, 0.29) is 12.5 Å². The number of nitrogens with zero attached hydrogens (tertiary/aromatic N) is 1. The van der Waals surface area contributed by atoms with Gasteiger partial charge in [-0.1, -0.05) is 12.1 Å². The number of rotatable bonds is 5. The maximum Gasteiger partial charge on any atom is 0.262 e. The quantitative estimate of drug-likeness (QED) is 0.882. The van der Waals surface area contributed by atoms with E-state index in [0.717, 1.165) is 5.56 Å². The molecule has 0 radical (unpaired) electrons. The molecule has 0 fully saturated rings. The van der Waals surface area contributed by atoms with E-state index >= 15 is 0 Å². The van der Waals surface area contributed by atoms with E-state index < -0.39 is 5.82 Å². The summed E-state index contributed by atoms with van der Waals surface area (Å²) in [5.41, 5.74) is 1.36. The molecule has 6 heteroatoms. The van der Waals surface area contributed by atoms with Crippen LogP contribution < -0.4 is 10.1 Å². The number of ether oxygens (including phenoxy) is 1. The fourth-order valence-electron chi connectivity index (χ4n) is 1.72. The molecule has 0 saturated carbocycles. The highest BCUT2D eigenvalue weighted by atomic mass is 79.9. The fourth-order valence-corrected chi connectivity index (χ4v) is 2.17. The van der Waals surface area contributed by atoms with Crippen LogP contribution in [-0.4, -0.2) is 12.5 Å². The summed E-state index contributed by atoms with van der Waals surface area (Å²) >= 11 is 3.17. The Labute approximate surface area is 135 Å². The van der Waals surface area contributed by atoms with Crippen molar-refractivity contribution in [1.29, 1.82) is 5.26 Å². The van der Waals surface area contributed by atoms with E-state index in [1.165, 1.54) is 18.2 Å². The molecule has 112 valence electrons. The molecular weight excluding hydrogens is 351 g/mol. The van der Waals surface area contributed by atoms with E-state index in [1.54, 1.807) is 24.3 Å². The fraction of sp³-hybridized carbons (Fsp3) is 0.125. The van der Waals surface area contributed by atoms with Crippen LogP contribution in [0, 0.1) is 17.1 Å². The second kappa shape index (κ2) is 7.57. The van der Waals surface area contributed by atoms with Crippen molar-refractivity contribution in [2.75, 3.05) is 11.9 Å². The van der Waals surface area contributed by atoms with Crippen LogP contribution >= 0.6 is 15.9 Å². The molecule has 0 spiro atoms. The number of carbonyl (C=O) groups is 1. The van der Waals surface area contributed by atoms with Gasteiger partial charge in [-0.3, -0.25) is 4.79 Å². The minimum atomic E-state index is -0.390. The Morgan fingerprint density at radius 1 is 1.27 bits per heavy atom. The van der Waals surface area contributed by atoms with Gasteiger partial charge in [-0.05, 0) is 51.8 Å². The standard InChI is InChI=1S/C16H12BrFN2O2/c17-14-9-12(18)3-6-15(14)20-16(21)10-22-13-4-1-11(2-5-13)7-8-19/h1-6,9H,7,10H2,(H,20,21). The highest BCUT2D eigenvalue weighted by Crippen LogP contribution is 2.23. The van der Waals surface area contributed by atoms with Gasteiger partial charge in [0.15, 0.2) is 6.61 Å². The van der Waals surface area contributed by atoms with Crippen LogP contribution in [-0.2, 0) is 11.2 Å². The maximum absolute atomic E-state index is 13.0. The second-order valence-corrected chi connectivity index (χ2v) is 5.29. The van der Waals surface area contributed by atoms with Gasteiger partial charge < -0.3 is 10.1 Å². The van der Waals surface area contributed by atoms with Gasteiger partial charge in [0.1, 0.15) is 11.6 Å². The molecule has 0 saturated heterocycles. The van der Waals surface area contributed by atoms with E-state index in [0.29, 0.717) is 22.3 Å². The summed E-state index contributed by atoms with van der Waals surface area (Å²) in [6.45, 7) is -0.165. The molecule has 0 heterocycles. The number of hydrogen-bond acceptors (Lipinski definition) is 3. The summed E-state index contributed by atoms with van der Waals surface area (Å²) < 4.78 is 18.8. The van der Waals surface area contributed by atoms with Crippen LogP contribution in [0.25, 0.3) is 0 Å². The lowest BCUT2D eigenvalue weighted by molar-refractivity contribution is -0.118. The number of nitriles is 1. The minimum absolute atomic E-state index is 0.165. The molecule has 2 rings (SSSR count). The van der Waals surface area contributed by atoms with E-state index in [2.05, 4.69) is 27.3 Å². The van der Waals surface area contributed by atoms with Gasteiger partial charge in [-0.15, -0.1) is 0 Å². The third-order valence-electron chi connectivity index (χ3n) is 2.78. The number of halogens is 2. The monoisotopic (exact) mass is 362 g/mol. The Morgan fingerprint density at radius 3 is 2.64 bits per heavy atom. The Morgan fingerprint density at radius 2 is 2.00 bits per heavy atom. The lowest BCUT2D eigenvalue weighted by Gasteiger charge is -2.09. The van der Waals surface area contributed by atoms with Crippen LogP contribution in [0.3, 0.4) is 0 Å². The van der Waals surface area contributed by atoms with Crippen molar-refractivity contribution in [3.63, 3.8) is 0 Å². The maximum atomic E-state index is 13.0. The summed E-state index contributed by atoms with van der Waals surface area (Å²) in [4.78, 5) is 11.8. The smallest absolute Gasteiger partial charge is 0.262 e. The first-order valence-corrected chi connectivity index (χ1v) is 7.21. The Hall–Kier alpha value is -2.39. The topological polar surface area (TPSA) is 62.1 Å². The summed E-state index contributed by atoms with van der Waals surface area (Å²) in [5.74, 6) is -0.206. The number of benzene rings is 2. The second-order valence-electron chi connectivity index (χ2n) is 4.44. The zero-order valence-electron chi connectivity index (χ0n) is 11.5. The molecule has 0 aliphatic rings. The highest BCUT2D eigenvalue weighted by Gasteiger charge is 2.07. The predicted octanol–water partition coefficient (Wildman–Crippen LogP) is 3.67. The molecule has 0 unspecified atom stereocenters. The molecular formula is C16H12BrFN2O2. The number of amides is 1. The third-order valence-corrected chi connectivity index (χ3v) is 3.44. The number of hydrogen-bond donors (Lipinski definition) is 1. The molecule has 2 aromatic rings. The minimum Gasteiger partial charge on any atom is -0.484 e. The van der Waals surface area contributed by atoms with Crippen LogP contribution in [0.4, 0.5) is 10.1 Å². The first-order valence-electron chi connectivity index (χ1n) is 6.42. The highest BCUT2D eigenvalue weighted by molar-refractivity contribution is 9.10. The molecule has 0 aliphatic carbocycles. The van der Waals surface area contributed by atoms with Crippen LogP contribution in [0.5, 0.6) is 5.75 Å². The van der Waals surface area contributed by atoms with Crippen molar-refractivity contribution in [3.8, 4) is 11.8 Å². The SMILES string of the molecule is N#CCc1ccc(OCC(=O)Nc2ccc(F)cc2Br)cc1. The van der Waals surface area contributed by atoms with Crippen molar-refractivity contribution < 1.29 is 13.9 Å². The molecule has 0 bridgehead atoms. The summed E-state index contributed by atoms with van der Waals surface area (Å²) in [6, 6.07) is 13.0. The molecule has 0 aliphatic heterocycles. The first-order chi connectivity index (χ1) is 10.6. The van der Waals surface area contributed by atoms with E-state index in [1.807, 2.05) is 0 Å². The predicted molar refractivity (Wildman–Crippen MR) is 84.0 cm³/mol. The normalized spacial score (nSPS) is 9.86. The van der Waals surface area contributed by atoms with Crippen molar-refractivity contribution in [2.45, 2.75) is 6.42 Å². The number of carbonyl (C=O) groups excluding carboxylic acids is 1. The average molecular weight is 363 g/mol. The van der Waals surface area contributed by atoms with Gasteiger partial charge in [0, 0.05) is 4.47 Å². The Kier molecular flexibility index (Phi) is 5.50. The van der Waals surface area contributed by atoms with Crippen LogP contribution in [0.1, 0.15) is 5.56 Å². The number of nitrogens with one attached hydrogen (secondary N) is 1. The lowest BCUT2D eigenvalue weighted by Crippen LogP contribution is -2.20. The van der Waals surface area contributed by atoms with Crippen molar-refractivity contribution in [3.05, 3.63) is 58.3 Å². The zero-order valence-corrected chi connectivity index (χ0v) is 13.1. The molecule has 4 nitrogen and oxygen atoms in total. The summed E-state index contributed by atoms with van der Waals surface area (Å²) in [6.07, 6.45) is 0.333. The van der Waals surface area contributed by atoms with Crippen molar-refractivity contribution >= 4 is 27.5 Å². The van der Waals surface area contributed by atoms with E-state index in [9.17, 15) is 9.18 Å². The van der Waals surface area contributed by atoms with Gasteiger partial charge in [0.25, 0.3) is 5.91 Å². The molecule has 22 heavy (non-hydrogen) atoms. The van der Waals surface area contributed by atoms with Crippen LogP contribution in [0.15, 0.2) is 46.9 Å². The first kappa shape index (κ1) is 16.0. The number of anilines is 1. The molecule has 0 aromatic heterocycles. The molecule has 1 amide bonds. The Bertz CT molecular complexity index is 711. The van der Waals surface area contributed by atoms with Gasteiger partial charge >= 0.3 is 0 Å². The van der Waals surface area contributed by atoms with Gasteiger partial charge in [-0.25, -0.2) is 4.39 Å². The molecule has 0 atom stereocenters. The largest absolute Gasteiger partial charge is 0.484 e. The average Bonchev–Trinajstić information content (AvgIpc) is 2.50. The van der Waals surface area contributed by atoms with Gasteiger partial charge in [-0.2, -0.15) is 5.26 Å². The van der Waals surface area contributed by atoms with Crippen molar-refractivity contribution in [1.82, 2.24) is 0 Å². The lowest BCUT2D eigenvalue weighted by atomic mass is 10.2. The molecule has 1 N–H and O–H groups in total. The van der Waals surface area contributed by atoms with Gasteiger partial charge in [0.2, 0.25) is 0 Å². The summed E-state index contributed by atoms with van der Waals surface area (Å²) in [5, 5.41) is 11.2. The molecule has 2 aromatic carbocycles. The Balaban J connectivity index is 1.88.